The Labute approximate surface area is 150 Å². The predicted octanol–water partition coefficient (Wildman–Crippen LogP) is 2.86. The normalized spacial score (nSPS) is 15.8. The fourth-order valence-electron chi connectivity index (χ4n) is 2.72. The minimum Gasteiger partial charge on any atom is -0.369 e. The van der Waals surface area contributed by atoms with Crippen molar-refractivity contribution in [1.82, 2.24) is 4.31 Å². The van der Waals surface area contributed by atoms with Gasteiger partial charge in [0.25, 0.3) is 0 Å². The van der Waals surface area contributed by atoms with Gasteiger partial charge in [0, 0.05) is 31.9 Å². The molecule has 5 nitrogen and oxygen atoms in total. The Morgan fingerprint density at radius 3 is 2.24 bits per heavy atom. The second-order valence-corrected chi connectivity index (χ2v) is 7.97. The van der Waals surface area contributed by atoms with Gasteiger partial charge in [0.15, 0.2) is 0 Å². The highest BCUT2D eigenvalue weighted by Crippen LogP contribution is 2.24. The van der Waals surface area contributed by atoms with Crippen molar-refractivity contribution in [3.8, 4) is 6.07 Å². The second-order valence-electron chi connectivity index (χ2n) is 5.63. The molecular weight excluding hydrogens is 365 g/mol. The molecule has 3 rings (SSSR count). The summed E-state index contributed by atoms with van der Waals surface area (Å²) in [7, 11) is -3.71. The summed E-state index contributed by atoms with van der Waals surface area (Å²) in [5.41, 5.74) is 1.53. The molecule has 25 heavy (non-hydrogen) atoms. The van der Waals surface area contributed by atoms with Gasteiger partial charge in [0.05, 0.1) is 21.6 Å². The smallest absolute Gasteiger partial charge is 0.243 e. The molecule has 2 aromatic carbocycles. The van der Waals surface area contributed by atoms with Crippen LogP contribution in [0.3, 0.4) is 0 Å². The Bertz CT molecular complexity index is 918. The zero-order valence-electron chi connectivity index (χ0n) is 13.2. The molecule has 0 amide bonds. The fraction of sp³-hybridized carbons (Fsp3) is 0.235. The highest BCUT2D eigenvalue weighted by atomic mass is 35.5. The number of piperazine rings is 1. The molecule has 0 N–H and O–H groups in total. The lowest BCUT2D eigenvalue weighted by Crippen LogP contribution is -2.48. The van der Waals surface area contributed by atoms with Crippen molar-refractivity contribution in [3.05, 3.63) is 58.9 Å². The van der Waals surface area contributed by atoms with E-state index in [9.17, 15) is 12.8 Å². The van der Waals surface area contributed by atoms with Crippen LogP contribution in [0.15, 0.2) is 47.4 Å². The standard InChI is InChI=1S/C17H15ClFN3O2S/c18-16-11-15(5-6-17(16)19)25(23,24)22-9-7-21(8-10-22)14-3-1-13(12-20)2-4-14/h1-6,11H,7-10H2. The van der Waals surface area contributed by atoms with Gasteiger partial charge in [0.1, 0.15) is 5.82 Å². The van der Waals surface area contributed by atoms with Crippen LogP contribution in [-0.2, 0) is 10.0 Å². The van der Waals surface area contributed by atoms with E-state index in [4.69, 9.17) is 16.9 Å². The van der Waals surface area contributed by atoms with E-state index in [0.29, 0.717) is 31.7 Å². The van der Waals surface area contributed by atoms with Crippen LogP contribution in [0.25, 0.3) is 0 Å². The van der Waals surface area contributed by atoms with Crippen LogP contribution in [-0.4, -0.2) is 38.9 Å². The van der Waals surface area contributed by atoms with E-state index < -0.39 is 15.8 Å². The summed E-state index contributed by atoms with van der Waals surface area (Å²) in [6.07, 6.45) is 0. The average molecular weight is 380 g/mol. The lowest BCUT2D eigenvalue weighted by atomic mass is 10.2. The van der Waals surface area contributed by atoms with Gasteiger partial charge in [-0.05, 0) is 42.5 Å². The van der Waals surface area contributed by atoms with Crippen molar-refractivity contribution < 1.29 is 12.8 Å². The number of sulfonamides is 1. The summed E-state index contributed by atoms with van der Waals surface area (Å²) in [6, 6.07) is 12.7. The summed E-state index contributed by atoms with van der Waals surface area (Å²) in [5.74, 6) is -0.647. The van der Waals surface area contributed by atoms with Crippen molar-refractivity contribution >= 4 is 27.3 Å². The van der Waals surface area contributed by atoms with E-state index in [1.807, 2.05) is 12.1 Å². The third-order valence-corrected chi connectivity index (χ3v) is 6.31. The number of nitrogens with zero attached hydrogens (tertiary/aromatic N) is 3. The van der Waals surface area contributed by atoms with Crippen LogP contribution in [0, 0.1) is 17.1 Å². The third-order valence-electron chi connectivity index (χ3n) is 4.13. The van der Waals surface area contributed by atoms with Crippen LogP contribution in [0.1, 0.15) is 5.56 Å². The molecule has 1 heterocycles. The maximum Gasteiger partial charge on any atom is 0.243 e. The first-order valence-corrected chi connectivity index (χ1v) is 9.44. The van der Waals surface area contributed by atoms with Gasteiger partial charge in [-0.2, -0.15) is 9.57 Å². The van der Waals surface area contributed by atoms with Crippen molar-refractivity contribution in [3.63, 3.8) is 0 Å². The lowest BCUT2D eigenvalue weighted by molar-refractivity contribution is 0.385. The molecule has 0 saturated carbocycles. The summed E-state index contributed by atoms with van der Waals surface area (Å²) in [5, 5.41) is 8.63. The SMILES string of the molecule is N#Cc1ccc(N2CCN(S(=O)(=O)c3ccc(F)c(Cl)c3)CC2)cc1. The molecule has 0 spiro atoms. The molecule has 0 radical (unpaired) electrons. The topological polar surface area (TPSA) is 64.4 Å². The molecule has 0 atom stereocenters. The number of benzene rings is 2. The van der Waals surface area contributed by atoms with E-state index in [2.05, 4.69) is 11.0 Å². The summed E-state index contributed by atoms with van der Waals surface area (Å²) in [6.45, 7) is 1.69. The zero-order chi connectivity index (χ0) is 18.0. The molecule has 8 heteroatoms. The Kier molecular flexibility index (Phi) is 4.95. The first kappa shape index (κ1) is 17.7. The van der Waals surface area contributed by atoms with Crippen molar-refractivity contribution in [2.24, 2.45) is 0 Å². The van der Waals surface area contributed by atoms with Crippen molar-refractivity contribution in [2.45, 2.75) is 4.90 Å². The Hall–Kier alpha value is -2.14. The summed E-state index contributed by atoms with van der Waals surface area (Å²) < 4.78 is 40.0. The number of anilines is 1. The monoisotopic (exact) mass is 379 g/mol. The highest BCUT2D eigenvalue weighted by Gasteiger charge is 2.29. The summed E-state index contributed by atoms with van der Waals surface area (Å²) >= 11 is 5.70. The molecule has 1 saturated heterocycles. The molecule has 1 aliphatic rings. The van der Waals surface area contributed by atoms with Gasteiger partial charge < -0.3 is 4.90 Å². The highest BCUT2D eigenvalue weighted by molar-refractivity contribution is 7.89. The van der Waals surface area contributed by atoms with Gasteiger partial charge in [0.2, 0.25) is 10.0 Å². The van der Waals surface area contributed by atoms with Gasteiger partial charge in [-0.25, -0.2) is 12.8 Å². The first-order chi connectivity index (χ1) is 11.9. The van der Waals surface area contributed by atoms with Crippen LogP contribution in [0.4, 0.5) is 10.1 Å². The largest absolute Gasteiger partial charge is 0.369 e. The molecule has 0 unspecified atom stereocenters. The van der Waals surface area contributed by atoms with Crippen molar-refractivity contribution in [1.29, 1.82) is 5.26 Å². The molecule has 2 aromatic rings. The lowest BCUT2D eigenvalue weighted by Gasteiger charge is -2.35. The minimum atomic E-state index is -3.71. The molecule has 0 aromatic heterocycles. The molecule has 1 aliphatic heterocycles. The van der Waals surface area contributed by atoms with E-state index in [1.54, 1.807) is 12.1 Å². The second kappa shape index (κ2) is 7.00. The summed E-state index contributed by atoms with van der Waals surface area (Å²) in [4.78, 5) is 2.05. The number of hydrogen-bond donors (Lipinski definition) is 0. The average Bonchev–Trinajstić information content (AvgIpc) is 2.64. The van der Waals surface area contributed by atoms with Crippen LogP contribution in [0.5, 0.6) is 0 Å². The molecule has 130 valence electrons. The quantitative estimate of drug-likeness (QED) is 0.822. The van der Waals surface area contributed by atoms with E-state index >= 15 is 0 Å². The third kappa shape index (κ3) is 3.61. The van der Waals surface area contributed by atoms with Crippen molar-refractivity contribution in [2.75, 3.05) is 31.1 Å². The molecule has 0 bridgehead atoms. The van der Waals surface area contributed by atoms with Gasteiger partial charge in [-0.3, -0.25) is 0 Å². The predicted molar refractivity (Wildman–Crippen MR) is 93.5 cm³/mol. The van der Waals surface area contributed by atoms with Gasteiger partial charge in [-0.1, -0.05) is 11.6 Å². The Balaban J connectivity index is 1.72. The Morgan fingerprint density at radius 1 is 1.04 bits per heavy atom. The van der Waals surface area contributed by atoms with E-state index in [-0.39, 0.29) is 9.92 Å². The molecule has 0 aliphatic carbocycles. The van der Waals surface area contributed by atoms with E-state index in [1.165, 1.54) is 10.4 Å². The van der Waals surface area contributed by atoms with Gasteiger partial charge >= 0.3 is 0 Å². The maximum atomic E-state index is 13.3. The minimum absolute atomic E-state index is 0.00859. The maximum absolute atomic E-state index is 13.3. The Morgan fingerprint density at radius 2 is 1.68 bits per heavy atom. The van der Waals surface area contributed by atoms with Crippen LogP contribution < -0.4 is 4.90 Å². The number of rotatable bonds is 3. The first-order valence-electron chi connectivity index (χ1n) is 7.62. The number of nitriles is 1. The molecule has 1 fully saturated rings. The van der Waals surface area contributed by atoms with E-state index in [0.717, 1.165) is 17.8 Å². The van der Waals surface area contributed by atoms with Crippen LogP contribution >= 0.6 is 11.6 Å². The number of halogens is 2. The zero-order valence-corrected chi connectivity index (χ0v) is 14.8. The fourth-order valence-corrected chi connectivity index (χ4v) is 4.41. The van der Waals surface area contributed by atoms with Gasteiger partial charge in [-0.15, -0.1) is 0 Å². The van der Waals surface area contributed by atoms with Crippen LogP contribution in [0.2, 0.25) is 5.02 Å². The molecular formula is C17H15ClFN3O2S. The number of hydrogen-bond acceptors (Lipinski definition) is 4.